The molecule has 0 atom stereocenters. The lowest BCUT2D eigenvalue weighted by Crippen LogP contribution is -2.39. The molecular weight excluding hydrogens is 355 g/mol. The first-order valence-corrected chi connectivity index (χ1v) is 8.29. The van der Waals surface area contributed by atoms with Crippen LogP contribution in [0.4, 0.5) is 18.9 Å². The summed E-state index contributed by atoms with van der Waals surface area (Å²) in [4.78, 5) is 14.2. The summed E-state index contributed by atoms with van der Waals surface area (Å²) in [6.45, 7) is 5.51. The number of rotatable bonds is 6. The molecular formula is C17H25ClF3N3O. The number of likely N-dealkylation sites (N-methyl/N-ethyl adjacent to an activating group) is 1. The lowest BCUT2D eigenvalue weighted by molar-refractivity contribution is -0.137. The van der Waals surface area contributed by atoms with Crippen LogP contribution in [-0.4, -0.2) is 43.5 Å². The van der Waals surface area contributed by atoms with Gasteiger partial charge in [0.05, 0.1) is 17.8 Å². The summed E-state index contributed by atoms with van der Waals surface area (Å²) in [7, 11) is 0. The molecule has 2 rings (SSSR count). The van der Waals surface area contributed by atoms with Gasteiger partial charge in [0, 0.05) is 6.54 Å². The van der Waals surface area contributed by atoms with Crippen molar-refractivity contribution in [1.29, 1.82) is 0 Å². The average Bonchev–Trinajstić information content (AvgIpc) is 2.54. The lowest BCUT2D eigenvalue weighted by Gasteiger charge is -2.29. The molecule has 1 aliphatic rings. The van der Waals surface area contributed by atoms with Crippen molar-refractivity contribution in [3.63, 3.8) is 0 Å². The van der Waals surface area contributed by atoms with Crippen LogP contribution in [0.1, 0.15) is 25.3 Å². The van der Waals surface area contributed by atoms with Crippen LogP contribution in [0.2, 0.25) is 0 Å². The second kappa shape index (κ2) is 9.99. The molecule has 1 aromatic rings. The highest BCUT2D eigenvalue weighted by Gasteiger charge is 2.33. The van der Waals surface area contributed by atoms with Crippen molar-refractivity contribution in [2.75, 3.05) is 38.0 Å². The molecule has 0 radical (unpaired) electrons. The van der Waals surface area contributed by atoms with E-state index >= 15 is 0 Å². The van der Waals surface area contributed by atoms with Crippen LogP contribution in [-0.2, 0) is 11.0 Å². The molecule has 0 unspecified atom stereocenters. The zero-order chi connectivity index (χ0) is 17.6. The number of halogens is 4. The number of hydrogen-bond donors (Lipinski definition) is 2. The minimum Gasteiger partial charge on any atom is -0.324 e. The van der Waals surface area contributed by atoms with Crippen molar-refractivity contribution in [1.82, 2.24) is 10.2 Å². The summed E-state index contributed by atoms with van der Waals surface area (Å²) in [5.41, 5.74) is -1.01. The number of anilines is 1. The monoisotopic (exact) mass is 379 g/mol. The molecule has 0 spiro atoms. The van der Waals surface area contributed by atoms with E-state index < -0.39 is 17.6 Å². The topological polar surface area (TPSA) is 44.4 Å². The van der Waals surface area contributed by atoms with Gasteiger partial charge in [-0.05, 0) is 50.5 Å². The van der Waals surface area contributed by atoms with Gasteiger partial charge >= 0.3 is 6.18 Å². The van der Waals surface area contributed by atoms with Gasteiger partial charge in [-0.15, -0.1) is 12.4 Å². The zero-order valence-corrected chi connectivity index (χ0v) is 15.1. The van der Waals surface area contributed by atoms with Crippen LogP contribution < -0.4 is 10.6 Å². The Bertz CT molecular complexity index is 548. The van der Waals surface area contributed by atoms with Crippen molar-refractivity contribution in [2.24, 2.45) is 5.92 Å². The van der Waals surface area contributed by atoms with Gasteiger partial charge in [0.2, 0.25) is 5.91 Å². The smallest absolute Gasteiger partial charge is 0.324 e. The van der Waals surface area contributed by atoms with E-state index in [0.29, 0.717) is 12.5 Å². The number of nitrogens with one attached hydrogen (secondary N) is 2. The Morgan fingerprint density at radius 3 is 2.52 bits per heavy atom. The summed E-state index contributed by atoms with van der Waals surface area (Å²) < 4.78 is 38.9. The fourth-order valence-corrected chi connectivity index (χ4v) is 2.97. The fraction of sp³-hybridized carbons (Fsp3) is 0.588. The third-order valence-electron chi connectivity index (χ3n) is 4.30. The highest BCUT2D eigenvalue weighted by molar-refractivity contribution is 5.93. The molecule has 8 heteroatoms. The molecule has 1 amide bonds. The number of carbonyl (C=O) groups is 1. The molecule has 25 heavy (non-hydrogen) atoms. The average molecular weight is 380 g/mol. The normalized spacial score (nSPS) is 15.7. The van der Waals surface area contributed by atoms with E-state index in [1.165, 1.54) is 18.2 Å². The largest absolute Gasteiger partial charge is 0.418 e. The molecule has 1 saturated heterocycles. The second-order valence-corrected chi connectivity index (χ2v) is 6.11. The maximum atomic E-state index is 13.0. The molecule has 142 valence electrons. The van der Waals surface area contributed by atoms with Crippen molar-refractivity contribution in [3.05, 3.63) is 29.8 Å². The van der Waals surface area contributed by atoms with Gasteiger partial charge in [0.15, 0.2) is 0 Å². The van der Waals surface area contributed by atoms with Crippen LogP contribution >= 0.6 is 12.4 Å². The standard InChI is InChI=1S/C17H24F3N3O.ClH/c1-2-23(11-13-7-9-21-10-8-13)12-16(24)22-15-6-4-3-5-14(15)17(18,19)20;/h3-6,13,21H,2,7-12H2,1H3,(H,22,24);1H. The van der Waals surface area contributed by atoms with Crippen LogP contribution in [0.5, 0.6) is 0 Å². The second-order valence-electron chi connectivity index (χ2n) is 6.11. The number of nitrogens with zero attached hydrogens (tertiary/aromatic N) is 1. The summed E-state index contributed by atoms with van der Waals surface area (Å²) in [6, 6.07) is 5.05. The van der Waals surface area contributed by atoms with Crippen LogP contribution in [0, 0.1) is 5.92 Å². The van der Waals surface area contributed by atoms with Gasteiger partial charge in [0.25, 0.3) is 0 Å². The molecule has 0 bridgehead atoms. The Morgan fingerprint density at radius 1 is 1.28 bits per heavy atom. The van der Waals surface area contributed by atoms with Crippen molar-refractivity contribution >= 4 is 24.0 Å². The molecule has 0 saturated carbocycles. The van der Waals surface area contributed by atoms with E-state index in [1.54, 1.807) is 0 Å². The van der Waals surface area contributed by atoms with Crippen LogP contribution in [0.15, 0.2) is 24.3 Å². The Balaban J connectivity index is 0.00000312. The minimum absolute atomic E-state index is 0. The maximum absolute atomic E-state index is 13.0. The molecule has 1 aliphatic heterocycles. The van der Waals surface area contributed by atoms with Crippen LogP contribution in [0.3, 0.4) is 0 Å². The van der Waals surface area contributed by atoms with Crippen molar-refractivity contribution in [2.45, 2.75) is 25.9 Å². The van der Waals surface area contributed by atoms with Crippen molar-refractivity contribution < 1.29 is 18.0 Å². The number of para-hydroxylation sites is 1. The number of carbonyl (C=O) groups excluding carboxylic acids is 1. The van der Waals surface area contributed by atoms with E-state index in [1.807, 2.05) is 11.8 Å². The predicted molar refractivity (Wildman–Crippen MR) is 95.0 cm³/mol. The highest BCUT2D eigenvalue weighted by atomic mass is 35.5. The van der Waals surface area contributed by atoms with Crippen molar-refractivity contribution in [3.8, 4) is 0 Å². The highest BCUT2D eigenvalue weighted by Crippen LogP contribution is 2.34. The van der Waals surface area contributed by atoms with Gasteiger partial charge in [-0.2, -0.15) is 13.2 Å². The van der Waals surface area contributed by atoms with E-state index in [4.69, 9.17) is 0 Å². The number of amides is 1. The molecule has 0 aromatic heterocycles. The van der Waals surface area contributed by atoms with Gasteiger partial charge in [-0.1, -0.05) is 19.1 Å². The van der Waals surface area contributed by atoms with Gasteiger partial charge in [0.1, 0.15) is 0 Å². The van der Waals surface area contributed by atoms with Gasteiger partial charge in [-0.25, -0.2) is 0 Å². The lowest BCUT2D eigenvalue weighted by atomic mass is 9.97. The zero-order valence-electron chi connectivity index (χ0n) is 14.2. The molecule has 4 nitrogen and oxygen atoms in total. The Labute approximate surface area is 152 Å². The first-order valence-electron chi connectivity index (χ1n) is 8.29. The summed E-state index contributed by atoms with van der Waals surface area (Å²) in [5.74, 6) is 0.115. The van der Waals surface area contributed by atoms with Gasteiger partial charge < -0.3 is 10.6 Å². The van der Waals surface area contributed by atoms with Crippen LogP contribution in [0.25, 0.3) is 0 Å². The molecule has 0 aliphatic carbocycles. The fourth-order valence-electron chi connectivity index (χ4n) is 2.97. The summed E-state index contributed by atoms with van der Waals surface area (Å²) in [6.07, 6.45) is -2.35. The SMILES string of the molecule is CCN(CC(=O)Nc1ccccc1C(F)(F)F)CC1CCNCC1.Cl. The summed E-state index contributed by atoms with van der Waals surface area (Å²) >= 11 is 0. The minimum atomic E-state index is -4.48. The summed E-state index contributed by atoms with van der Waals surface area (Å²) in [5, 5.41) is 5.70. The van der Waals surface area contributed by atoms with E-state index in [-0.39, 0.29) is 24.6 Å². The third kappa shape index (κ3) is 6.84. The molecule has 1 aromatic carbocycles. The van der Waals surface area contributed by atoms with Gasteiger partial charge in [-0.3, -0.25) is 9.69 Å². The van der Waals surface area contributed by atoms with E-state index in [9.17, 15) is 18.0 Å². The molecule has 2 N–H and O–H groups in total. The Morgan fingerprint density at radius 2 is 1.92 bits per heavy atom. The van der Waals surface area contributed by atoms with E-state index in [2.05, 4.69) is 10.6 Å². The first kappa shape index (κ1) is 21.7. The first-order chi connectivity index (χ1) is 11.4. The Kier molecular flexibility index (Phi) is 8.68. The number of benzene rings is 1. The quantitative estimate of drug-likeness (QED) is 0.796. The number of piperidine rings is 1. The Hall–Kier alpha value is -1.31. The van der Waals surface area contributed by atoms with E-state index in [0.717, 1.165) is 38.5 Å². The number of hydrogen-bond acceptors (Lipinski definition) is 3. The maximum Gasteiger partial charge on any atom is 0.418 e. The molecule has 1 fully saturated rings. The predicted octanol–water partition coefficient (Wildman–Crippen LogP) is 3.39. The third-order valence-corrected chi connectivity index (χ3v) is 4.30. The number of alkyl halides is 3. The molecule has 1 heterocycles.